The van der Waals surface area contributed by atoms with Crippen molar-refractivity contribution < 1.29 is 13.2 Å². The monoisotopic (exact) mass is 290 g/mol. The number of alkyl halides is 3. The topological polar surface area (TPSA) is 24.4 Å². The van der Waals surface area contributed by atoms with Gasteiger partial charge in [-0.1, -0.05) is 36.4 Å². The molecule has 2 nitrogen and oxygen atoms in total. The summed E-state index contributed by atoms with van der Waals surface area (Å²) in [6.45, 7) is 0. The second kappa shape index (κ2) is 6.74. The van der Waals surface area contributed by atoms with Crippen LogP contribution in [0.1, 0.15) is 0 Å². The number of nitrogens with one attached hydrogen (secondary N) is 1. The highest BCUT2D eigenvalue weighted by Gasteiger charge is 2.33. The molecular formula is C16H13F3N2. The Balaban J connectivity index is 2.17. The van der Waals surface area contributed by atoms with E-state index in [-0.39, 0.29) is 0 Å². The Morgan fingerprint density at radius 2 is 1.48 bits per heavy atom. The van der Waals surface area contributed by atoms with Crippen molar-refractivity contribution in [2.24, 2.45) is 4.99 Å². The lowest BCUT2D eigenvalue weighted by Crippen LogP contribution is -2.19. The number of para-hydroxylation sites is 2. The third kappa shape index (κ3) is 4.80. The van der Waals surface area contributed by atoms with Crippen LogP contribution in [0.2, 0.25) is 0 Å². The summed E-state index contributed by atoms with van der Waals surface area (Å²) in [5, 5.41) is 2.35. The van der Waals surface area contributed by atoms with Gasteiger partial charge in [0.2, 0.25) is 0 Å². The zero-order valence-corrected chi connectivity index (χ0v) is 11.0. The van der Waals surface area contributed by atoms with Gasteiger partial charge in [-0.05, 0) is 30.3 Å². The largest absolute Gasteiger partial charge is 0.431 e. The predicted molar refractivity (Wildman–Crippen MR) is 78.8 cm³/mol. The van der Waals surface area contributed by atoms with Gasteiger partial charge in [0.1, 0.15) is 5.70 Å². The summed E-state index contributed by atoms with van der Waals surface area (Å²) in [5.74, 6) is 0. The minimum Gasteiger partial charge on any atom is -0.351 e. The molecule has 1 N–H and O–H groups in total. The number of anilines is 1. The first kappa shape index (κ1) is 14.8. The van der Waals surface area contributed by atoms with E-state index in [0.717, 1.165) is 12.3 Å². The van der Waals surface area contributed by atoms with E-state index < -0.39 is 11.9 Å². The van der Waals surface area contributed by atoms with E-state index >= 15 is 0 Å². The van der Waals surface area contributed by atoms with Gasteiger partial charge in [0.25, 0.3) is 0 Å². The fourth-order valence-corrected chi connectivity index (χ4v) is 1.60. The van der Waals surface area contributed by atoms with Crippen LogP contribution in [0, 0.1) is 0 Å². The zero-order chi connectivity index (χ0) is 15.1. The molecule has 0 saturated heterocycles. The molecule has 0 fully saturated rings. The fourth-order valence-electron chi connectivity index (χ4n) is 1.60. The number of aliphatic imine (C=N–C) groups is 1. The number of nitrogens with zero attached hydrogens (tertiary/aromatic N) is 1. The maximum atomic E-state index is 12.9. The highest BCUT2D eigenvalue weighted by Crippen LogP contribution is 2.26. The molecule has 0 atom stereocenters. The molecule has 0 aliphatic heterocycles. The highest BCUT2D eigenvalue weighted by atomic mass is 19.4. The quantitative estimate of drug-likeness (QED) is 0.792. The lowest BCUT2D eigenvalue weighted by Gasteiger charge is -2.13. The van der Waals surface area contributed by atoms with Crippen LogP contribution in [0.4, 0.5) is 24.5 Å². The number of benzene rings is 2. The molecule has 108 valence electrons. The molecule has 0 bridgehead atoms. The average Bonchev–Trinajstić information content (AvgIpc) is 2.47. The van der Waals surface area contributed by atoms with Crippen molar-refractivity contribution in [1.82, 2.24) is 0 Å². The van der Waals surface area contributed by atoms with E-state index in [1.54, 1.807) is 54.6 Å². The normalized spacial score (nSPS) is 12.6. The van der Waals surface area contributed by atoms with Gasteiger partial charge in [0.05, 0.1) is 5.69 Å². The summed E-state index contributed by atoms with van der Waals surface area (Å²) in [6, 6.07) is 17.0. The van der Waals surface area contributed by atoms with Crippen LogP contribution in [-0.2, 0) is 0 Å². The van der Waals surface area contributed by atoms with E-state index in [1.807, 2.05) is 6.07 Å². The Hall–Kier alpha value is -2.56. The first-order valence-electron chi connectivity index (χ1n) is 6.24. The Bertz CT molecular complexity index is 617. The van der Waals surface area contributed by atoms with Gasteiger partial charge < -0.3 is 5.32 Å². The number of allylic oxidation sites excluding steroid dienone is 2. The molecule has 2 rings (SSSR count). The van der Waals surface area contributed by atoms with Crippen molar-refractivity contribution in [2.75, 3.05) is 5.32 Å². The molecule has 0 aliphatic carbocycles. The lowest BCUT2D eigenvalue weighted by atomic mass is 10.3. The minimum absolute atomic E-state index is 0.370. The molecule has 2 aromatic carbocycles. The number of hydrogen-bond donors (Lipinski definition) is 1. The molecule has 0 unspecified atom stereocenters. The van der Waals surface area contributed by atoms with Gasteiger partial charge in [-0.2, -0.15) is 13.2 Å². The van der Waals surface area contributed by atoms with Crippen molar-refractivity contribution in [3.63, 3.8) is 0 Å². The zero-order valence-electron chi connectivity index (χ0n) is 11.0. The summed E-state index contributed by atoms with van der Waals surface area (Å²) >= 11 is 0. The van der Waals surface area contributed by atoms with Crippen LogP contribution in [-0.4, -0.2) is 12.4 Å². The summed E-state index contributed by atoms with van der Waals surface area (Å²) < 4.78 is 38.8. The summed E-state index contributed by atoms with van der Waals surface area (Å²) in [4.78, 5) is 3.96. The predicted octanol–water partition coefficient (Wildman–Crippen LogP) is 4.95. The first-order valence-corrected chi connectivity index (χ1v) is 6.24. The van der Waals surface area contributed by atoms with E-state index in [1.165, 1.54) is 0 Å². The Morgan fingerprint density at radius 1 is 0.905 bits per heavy atom. The molecule has 0 aromatic heterocycles. The molecule has 0 aliphatic rings. The molecular weight excluding hydrogens is 277 g/mol. The van der Waals surface area contributed by atoms with Crippen molar-refractivity contribution in [3.8, 4) is 0 Å². The molecule has 0 radical (unpaired) electrons. The third-order valence-corrected chi connectivity index (χ3v) is 2.58. The standard InChI is InChI=1S/C16H13F3N2/c17-16(18,19)15(21-14-9-5-2-6-10-14)11-12-20-13-7-3-1-4-8-13/h1-12,21H/b15-11+,20-12?. The molecule has 0 amide bonds. The molecule has 2 aromatic rings. The van der Waals surface area contributed by atoms with Gasteiger partial charge in [0, 0.05) is 11.9 Å². The maximum Gasteiger partial charge on any atom is 0.431 e. The van der Waals surface area contributed by atoms with Gasteiger partial charge in [0.15, 0.2) is 0 Å². The highest BCUT2D eigenvalue weighted by molar-refractivity contribution is 5.76. The van der Waals surface area contributed by atoms with Crippen molar-refractivity contribution in [1.29, 1.82) is 0 Å². The maximum absolute atomic E-state index is 12.9. The fraction of sp³-hybridized carbons (Fsp3) is 0.0625. The second-order valence-electron chi connectivity index (χ2n) is 4.18. The number of rotatable bonds is 4. The molecule has 0 saturated carbocycles. The van der Waals surface area contributed by atoms with Crippen molar-refractivity contribution in [3.05, 3.63) is 72.4 Å². The van der Waals surface area contributed by atoms with Crippen LogP contribution in [0.3, 0.4) is 0 Å². The second-order valence-corrected chi connectivity index (χ2v) is 4.18. The van der Waals surface area contributed by atoms with Crippen molar-refractivity contribution in [2.45, 2.75) is 6.18 Å². The summed E-state index contributed by atoms with van der Waals surface area (Å²) in [7, 11) is 0. The first-order chi connectivity index (χ1) is 10.1. The summed E-state index contributed by atoms with van der Waals surface area (Å²) in [6.07, 6.45) is -2.42. The summed E-state index contributed by atoms with van der Waals surface area (Å²) in [5.41, 5.74) is 0.0950. The van der Waals surface area contributed by atoms with E-state index in [4.69, 9.17) is 0 Å². The van der Waals surface area contributed by atoms with Gasteiger partial charge in [-0.25, -0.2) is 0 Å². The van der Waals surface area contributed by atoms with Gasteiger partial charge in [-0.3, -0.25) is 4.99 Å². The van der Waals surface area contributed by atoms with E-state index in [0.29, 0.717) is 11.4 Å². The molecule has 21 heavy (non-hydrogen) atoms. The van der Waals surface area contributed by atoms with Crippen LogP contribution in [0.15, 0.2) is 77.4 Å². The number of hydrogen-bond acceptors (Lipinski definition) is 2. The van der Waals surface area contributed by atoms with Crippen LogP contribution >= 0.6 is 0 Å². The minimum atomic E-state index is -4.47. The van der Waals surface area contributed by atoms with Gasteiger partial charge >= 0.3 is 6.18 Å². The van der Waals surface area contributed by atoms with Crippen LogP contribution in [0.5, 0.6) is 0 Å². The third-order valence-electron chi connectivity index (χ3n) is 2.58. The average molecular weight is 290 g/mol. The van der Waals surface area contributed by atoms with Crippen LogP contribution < -0.4 is 5.32 Å². The van der Waals surface area contributed by atoms with Crippen LogP contribution in [0.25, 0.3) is 0 Å². The Morgan fingerprint density at radius 3 is 2.05 bits per heavy atom. The SMILES string of the molecule is FC(F)(F)/C(=C\C=Nc1ccccc1)Nc1ccccc1. The molecule has 5 heteroatoms. The lowest BCUT2D eigenvalue weighted by molar-refractivity contribution is -0.0901. The molecule has 0 heterocycles. The Labute approximate surface area is 120 Å². The Kier molecular flexibility index (Phi) is 4.77. The van der Waals surface area contributed by atoms with Gasteiger partial charge in [-0.15, -0.1) is 0 Å². The molecule has 0 spiro atoms. The van der Waals surface area contributed by atoms with E-state index in [9.17, 15) is 13.2 Å². The number of halogens is 3. The van der Waals surface area contributed by atoms with E-state index in [2.05, 4.69) is 10.3 Å². The van der Waals surface area contributed by atoms with Crippen molar-refractivity contribution >= 4 is 17.6 Å². The smallest absolute Gasteiger partial charge is 0.351 e.